The summed E-state index contributed by atoms with van der Waals surface area (Å²) in [6, 6.07) is 15.6. The topological polar surface area (TPSA) is 50.2 Å². The molecule has 0 radical (unpaired) electrons. The number of carbonyl (C=O) groups is 1. The Kier molecular flexibility index (Phi) is 3.88. The van der Waals surface area contributed by atoms with Crippen molar-refractivity contribution in [2.24, 2.45) is 0 Å². The quantitative estimate of drug-likeness (QED) is 0.705. The second kappa shape index (κ2) is 5.75. The maximum absolute atomic E-state index is 12.0. The van der Waals surface area contributed by atoms with E-state index in [2.05, 4.69) is 20.8 Å². The summed E-state index contributed by atoms with van der Waals surface area (Å²) in [5.74, 6) is -0.914. The zero-order chi connectivity index (χ0) is 17.5. The van der Waals surface area contributed by atoms with Gasteiger partial charge in [0.25, 0.3) is 0 Å². The Bertz CT molecular complexity index is 922. The van der Waals surface area contributed by atoms with Crippen LogP contribution in [-0.4, -0.2) is 16.1 Å². The number of pyridine rings is 1. The maximum Gasteiger partial charge on any atom is 0.336 e. The lowest BCUT2D eigenvalue weighted by Gasteiger charge is -2.20. The molecule has 3 rings (SSSR count). The number of benzene rings is 2. The van der Waals surface area contributed by atoms with Gasteiger partial charge >= 0.3 is 5.97 Å². The first-order chi connectivity index (χ1) is 11.3. The smallest absolute Gasteiger partial charge is 0.336 e. The molecule has 1 N–H and O–H groups in total. The molecule has 0 saturated heterocycles. The van der Waals surface area contributed by atoms with Gasteiger partial charge in [-0.1, -0.05) is 57.2 Å². The molecule has 0 spiro atoms. The van der Waals surface area contributed by atoms with Crippen LogP contribution in [0.5, 0.6) is 0 Å². The van der Waals surface area contributed by atoms with Gasteiger partial charge < -0.3 is 5.11 Å². The first-order valence-electron chi connectivity index (χ1n) is 8.02. The van der Waals surface area contributed by atoms with E-state index in [9.17, 15) is 9.90 Å². The zero-order valence-electron chi connectivity index (χ0n) is 14.4. The minimum Gasteiger partial charge on any atom is -0.478 e. The van der Waals surface area contributed by atoms with Crippen LogP contribution in [-0.2, 0) is 5.41 Å². The van der Waals surface area contributed by atoms with Gasteiger partial charge in [0.1, 0.15) is 0 Å². The van der Waals surface area contributed by atoms with Crippen molar-refractivity contribution < 1.29 is 9.90 Å². The molecule has 24 heavy (non-hydrogen) atoms. The van der Waals surface area contributed by atoms with Gasteiger partial charge in [-0.05, 0) is 35.6 Å². The molecule has 1 aromatic heterocycles. The molecule has 3 nitrogen and oxygen atoms in total. The van der Waals surface area contributed by atoms with Crippen LogP contribution < -0.4 is 0 Å². The first-order valence-corrected chi connectivity index (χ1v) is 8.02. The van der Waals surface area contributed by atoms with Crippen molar-refractivity contribution in [2.45, 2.75) is 33.1 Å². The SMILES string of the molecule is Cc1c(-c2ccccc2)nc2ccc(C(C)(C)C)cc2c1C(=O)O. The molecule has 0 fully saturated rings. The standard InChI is InChI=1S/C21H21NO2/c1-13-18(20(23)24)16-12-15(21(2,3)4)10-11-17(16)22-19(13)14-8-6-5-7-9-14/h5-12H,1-4H3,(H,23,24). The fraction of sp³-hybridized carbons (Fsp3) is 0.238. The number of carboxylic acids is 1. The van der Waals surface area contributed by atoms with Crippen LogP contribution in [0.25, 0.3) is 22.2 Å². The fourth-order valence-electron chi connectivity index (χ4n) is 2.98. The van der Waals surface area contributed by atoms with E-state index in [1.54, 1.807) is 0 Å². The van der Waals surface area contributed by atoms with Crippen molar-refractivity contribution in [3.05, 3.63) is 65.2 Å². The number of hydrogen-bond donors (Lipinski definition) is 1. The number of hydrogen-bond acceptors (Lipinski definition) is 2. The van der Waals surface area contributed by atoms with E-state index >= 15 is 0 Å². The molecule has 0 saturated carbocycles. The molecule has 0 aliphatic carbocycles. The van der Waals surface area contributed by atoms with Gasteiger partial charge in [-0.3, -0.25) is 0 Å². The molecule has 0 atom stereocenters. The van der Waals surface area contributed by atoms with Crippen LogP contribution in [0.2, 0.25) is 0 Å². The summed E-state index contributed by atoms with van der Waals surface area (Å²) in [5, 5.41) is 10.5. The summed E-state index contributed by atoms with van der Waals surface area (Å²) in [5.41, 5.74) is 4.47. The average Bonchev–Trinajstić information content (AvgIpc) is 2.53. The van der Waals surface area contributed by atoms with Crippen LogP contribution in [0.3, 0.4) is 0 Å². The molecule has 3 aromatic rings. The molecule has 0 aliphatic heterocycles. The molecule has 1 heterocycles. The molecule has 2 aromatic carbocycles. The van der Waals surface area contributed by atoms with E-state index in [4.69, 9.17) is 4.98 Å². The van der Waals surface area contributed by atoms with Gasteiger partial charge in [0.05, 0.1) is 16.8 Å². The second-order valence-electron chi connectivity index (χ2n) is 7.11. The Labute approximate surface area is 142 Å². The van der Waals surface area contributed by atoms with Crippen LogP contribution in [0.4, 0.5) is 0 Å². The van der Waals surface area contributed by atoms with Gasteiger partial charge in [0, 0.05) is 10.9 Å². The zero-order valence-corrected chi connectivity index (χ0v) is 14.4. The molecule has 3 heteroatoms. The van der Waals surface area contributed by atoms with Crippen LogP contribution in [0, 0.1) is 6.92 Å². The average molecular weight is 319 g/mol. The van der Waals surface area contributed by atoms with Crippen LogP contribution in [0.15, 0.2) is 48.5 Å². The van der Waals surface area contributed by atoms with Crippen LogP contribution >= 0.6 is 0 Å². The molecule has 122 valence electrons. The predicted octanol–water partition coefficient (Wildman–Crippen LogP) is 5.21. The minimum atomic E-state index is -0.914. The lowest BCUT2D eigenvalue weighted by molar-refractivity contribution is 0.0698. The van der Waals surface area contributed by atoms with E-state index < -0.39 is 5.97 Å². The number of aromatic carboxylic acids is 1. The lowest BCUT2D eigenvalue weighted by atomic mass is 9.85. The third-order valence-electron chi connectivity index (χ3n) is 4.36. The molecular formula is C21H21NO2. The summed E-state index contributed by atoms with van der Waals surface area (Å²) in [7, 11) is 0. The van der Waals surface area contributed by atoms with Gasteiger partial charge in [-0.25, -0.2) is 9.78 Å². The van der Waals surface area contributed by atoms with E-state index in [1.807, 2.05) is 55.5 Å². The molecule has 0 amide bonds. The van der Waals surface area contributed by atoms with Crippen molar-refractivity contribution in [1.82, 2.24) is 4.98 Å². The van der Waals surface area contributed by atoms with Gasteiger partial charge in [-0.2, -0.15) is 0 Å². The van der Waals surface area contributed by atoms with E-state index in [0.717, 1.165) is 16.8 Å². The lowest BCUT2D eigenvalue weighted by Crippen LogP contribution is -2.12. The molecule has 0 aliphatic rings. The maximum atomic E-state index is 12.0. The van der Waals surface area contributed by atoms with Crippen molar-refractivity contribution in [3.8, 4) is 11.3 Å². The number of nitrogens with zero attached hydrogens (tertiary/aromatic N) is 1. The van der Waals surface area contributed by atoms with Crippen molar-refractivity contribution >= 4 is 16.9 Å². The highest BCUT2D eigenvalue weighted by atomic mass is 16.4. The summed E-state index contributed by atoms with van der Waals surface area (Å²) in [4.78, 5) is 16.7. The summed E-state index contributed by atoms with van der Waals surface area (Å²) >= 11 is 0. The van der Waals surface area contributed by atoms with E-state index in [1.165, 1.54) is 0 Å². The Morgan fingerprint density at radius 2 is 1.71 bits per heavy atom. The number of fused-ring (bicyclic) bond motifs is 1. The molecular weight excluding hydrogens is 298 g/mol. The van der Waals surface area contributed by atoms with Crippen molar-refractivity contribution in [2.75, 3.05) is 0 Å². The summed E-state index contributed by atoms with van der Waals surface area (Å²) in [6.07, 6.45) is 0. The Morgan fingerprint density at radius 3 is 2.29 bits per heavy atom. The number of aromatic nitrogens is 1. The summed E-state index contributed by atoms with van der Waals surface area (Å²) < 4.78 is 0. The van der Waals surface area contributed by atoms with Crippen molar-refractivity contribution in [1.29, 1.82) is 0 Å². The summed E-state index contributed by atoms with van der Waals surface area (Å²) in [6.45, 7) is 8.19. The fourth-order valence-corrected chi connectivity index (χ4v) is 2.98. The first kappa shape index (κ1) is 16.2. The number of carboxylic acid groups (broad SMARTS) is 1. The Balaban J connectivity index is 2.37. The van der Waals surface area contributed by atoms with E-state index in [-0.39, 0.29) is 5.41 Å². The highest BCUT2D eigenvalue weighted by Gasteiger charge is 2.21. The largest absolute Gasteiger partial charge is 0.478 e. The van der Waals surface area contributed by atoms with Crippen LogP contribution in [0.1, 0.15) is 42.3 Å². The molecule has 0 unspecified atom stereocenters. The minimum absolute atomic E-state index is 0.0457. The van der Waals surface area contributed by atoms with Crippen molar-refractivity contribution in [3.63, 3.8) is 0 Å². The van der Waals surface area contributed by atoms with Gasteiger partial charge in [0.15, 0.2) is 0 Å². The Hall–Kier alpha value is -2.68. The number of rotatable bonds is 2. The normalized spacial score (nSPS) is 11.7. The highest BCUT2D eigenvalue weighted by molar-refractivity contribution is 6.05. The molecule has 0 bridgehead atoms. The van der Waals surface area contributed by atoms with Gasteiger partial charge in [-0.15, -0.1) is 0 Å². The predicted molar refractivity (Wildman–Crippen MR) is 97.6 cm³/mol. The second-order valence-corrected chi connectivity index (χ2v) is 7.11. The van der Waals surface area contributed by atoms with Gasteiger partial charge in [0.2, 0.25) is 0 Å². The monoisotopic (exact) mass is 319 g/mol. The van der Waals surface area contributed by atoms with E-state index in [0.29, 0.717) is 22.0 Å². The third-order valence-corrected chi connectivity index (χ3v) is 4.36. The third kappa shape index (κ3) is 2.78. The Morgan fingerprint density at radius 1 is 1.04 bits per heavy atom. The highest BCUT2D eigenvalue weighted by Crippen LogP contribution is 2.32.